The number of alkyl carbamates (subject to hydrolysis) is 1. The number of pyridine rings is 1. The van der Waals surface area contributed by atoms with Gasteiger partial charge in [0.25, 0.3) is 12.3 Å². The number of ether oxygens (including phenoxy) is 2. The molecule has 6 atom stereocenters. The van der Waals surface area contributed by atoms with E-state index in [4.69, 9.17) is 9.72 Å². The summed E-state index contributed by atoms with van der Waals surface area (Å²) < 4.78 is 156. The van der Waals surface area contributed by atoms with Gasteiger partial charge in [0.1, 0.15) is 36.1 Å². The maximum absolute atomic E-state index is 16.1. The van der Waals surface area contributed by atoms with Gasteiger partial charge in [-0.1, -0.05) is 24.3 Å². The molecule has 6 N–H and O–H groups in total. The number of nitrogens with zero attached hydrogens (tertiary/aromatic N) is 6. The van der Waals surface area contributed by atoms with Crippen molar-refractivity contribution in [2.24, 2.45) is 10.8 Å². The van der Waals surface area contributed by atoms with Gasteiger partial charge >= 0.3 is 24.5 Å². The van der Waals surface area contributed by atoms with E-state index in [1.165, 1.54) is 11.4 Å². The van der Waals surface area contributed by atoms with Crippen LogP contribution < -0.4 is 26.3 Å². The van der Waals surface area contributed by atoms with Gasteiger partial charge < -0.3 is 40.5 Å². The Morgan fingerprint density at radius 3 is 1.94 bits per heavy atom. The van der Waals surface area contributed by atoms with E-state index in [0.717, 1.165) is 68.7 Å². The summed E-state index contributed by atoms with van der Waals surface area (Å²) in [5.74, 6) is -5.30. The van der Waals surface area contributed by atoms with Crippen molar-refractivity contribution in [1.29, 1.82) is 0 Å². The summed E-state index contributed by atoms with van der Waals surface area (Å²) in [5.41, 5.74) is -3.97. The molecule has 7 rings (SSSR count). The van der Waals surface area contributed by atoms with Crippen molar-refractivity contribution in [2.75, 3.05) is 44.9 Å². The van der Waals surface area contributed by atoms with Crippen LogP contribution >= 0.6 is 0 Å². The lowest BCUT2D eigenvalue weighted by molar-refractivity contribution is -0.221. The molecule has 2 bridgehead atoms. The molecule has 0 saturated carbocycles. The SMILES string of the molecule is COC(=O)NC(C(=O)NC(Cc1ccc(-c2ccc(N3C[C@H]4C[C@@H]3CN4C3COC3)nc2)cc1)C(O)CN(Cc1c(F)cc(-c2ccn(CC(F)F)n2)cc1F)NC(=O)C(NC(=O)O)C(C)(C)C(F)(F)F)C(C)(C)C(F)(F)F. The number of alkyl halides is 8. The quantitative estimate of drug-likeness (QED) is 0.0401. The molecule has 2 aromatic heterocycles. The minimum Gasteiger partial charge on any atom is -0.465 e. The molecule has 2 aromatic carbocycles. The van der Waals surface area contributed by atoms with Crippen LogP contribution in [0.2, 0.25) is 0 Å². The van der Waals surface area contributed by atoms with E-state index in [1.807, 2.05) is 22.9 Å². The molecule has 3 aliphatic heterocycles. The summed E-state index contributed by atoms with van der Waals surface area (Å²) in [5, 5.41) is 31.6. The molecule has 0 aliphatic carbocycles. The van der Waals surface area contributed by atoms with Gasteiger partial charge in [0.15, 0.2) is 0 Å². The zero-order chi connectivity index (χ0) is 57.2. The number of carbonyl (C=O) groups excluding carboxylic acids is 3. The van der Waals surface area contributed by atoms with Crippen molar-refractivity contribution in [2.45, 2.75) is 115 Å². The minimum atomic E-state index is -5.27. The van der Waals surface area contributed by atoms with Gasteiger partial charge in [-0.05, 0) is 82.0 Å². The van der Waals surface area contributed by atoms with Crippen molar-refractivity contribution in [1.82, 2.24) is 46.0 Å². The first-order valence-corrected chi connectivity index (χ1v) is 24.4. The van der Waals surface area contributed by atoms with Crippen LogP contribution in [0, 0.1) is 22.5 Å². The highest BCUT2D eigenvalue weighted by Crippen LogP contribution is 2.42. The van der Waals surface area contributed by atoms with Crippen LogP contribution in [-0.4, -0.2) is 160 Å². The Morgan fingerprint density at radius 1 is 0.808 bits per heavy atom. The summed E-state index contributed by atoms with van der Waals surface area (Å²) in [6.07, 6.45) is -15.7. The zero-order valence-corrected chi connectivity index (χ0v) is 42.6. The standard InChI is InChI=1S/C50H58F10N10O8/c1-47(2,49(55,56)57)41(64-46(76)77-5)43(72)62-37(14-26-6-8-27(9-7-26)28-10-11-40(61-18-28)70-20-30-17-31(70)19-69(30)32-24-78-25-32)38(71)22-68(66-44(73)42(63-45(74)75)48(3,4)50(58,59)60)21-33-34(51)15-29(16-35(33)52)36-12-13-67(65-36)23-39(53)54/h6-13,15-16,18,30-32,37-39,41-42,63,71H,14,17,19-25H2,1-5H3,(H,62,72)(H,64,76)(H,66,73)(H,74,75)/t30-,31-,37?,38?,41?,42?/m1/s1. The van der Waals surface area contributed by atoms with E-state index in [2.05, 4.69) is 25.0 Å². The lowest BCUT2D eigenvalue weighted by Gasteiger charge is -2.42. The van der Waals surface area contributed by atoms with Gasteiger partial charge in [-0.2, -0.15) is 31.4 Å². The van der Waals surface area contributed by atoms with E-state index < -0.39 is 121 Å². The highest BCUT2D eigenvalue weighted by atomic mass is 19.4. The van der Waals surface area contributed by atoms with Crippen LogP contribution in [0.3, 0.4) is 0 Å². The van der Waals surface area contributed by atoms with Crippen LogP contribution in [0.25, 0.3) is 22.4 Å². The maximum atomic E-state index is 16.1. The van der Waals surface area contributed by atoms with Gasteiger partial charge in [0.2, 0.25) is 5.91 Å². The lowest BCUT2D eigenvalue weighted by atomic mass is 9.82. The number of piperazine rings is 1. The number of methoxy groups -OCH3 is 1. The first-order valence-electron chi connectivity index (χ1n) is 24.4. The second-order valence-corrected chi connectivity index (χ2v) is 20.6. The molecule has 0 radical (unpaired) electrons. The van der Waals surface area contributed by atoms with E-state index >= 15 is 8.78 Å². The van der Waals surface area contributed by atoms with Gasteiger partial charge in [-0.25, -0.2) is 37.1 Å². The molecule has 4 aromatic rings. The number of likely N-dealkylation sites (tertiary alicyclic amines) is 1. The summed E-state index contributed by atoms with van der Waals surface area (Å²) in [4.78, 5) is 61.6. The smallest absolute Gasteiger partial charge is 0.407 e. The largest absolute Gasteiger partial charge is 0.465 e. The molecule has 4 amide bonds. The topological polar surface area (TPSA) is 216 Å². The summed E-state index contributed by atoms with van der Waals surface area (Å²) in [6, 6.07) is 6.93. The Labute approximate surface area is 440 Å². The number of carbonyl (C=O) groups is 4. The third-order valence-electron chi connectivity index (χ3n) is 14.5. The number of aliphatic hydroxyl groups is 1. The van der Waals surface area contributed by atoms with Gasteiger partial charge in [-0.3, -0.25) is 24.6 Å². The summed E-state index contributed by atoms with van der Waals surface area (Å²) in [6.45, 7) is 2.16. The van der Waals surface area contributed by atoms with E-state index in [9.17, 15) is 64.5 Å². The molecule has 28 heteroatoms. The number of aromatic nitrogens is 3. The minimum absolute atomic E-state index is 0.163. The molecule has 3 fully saturated rings. The van der Waals surface area contributed by atoms with Gasteiger partial charge in [0.05, 0.1) is 55.0 Å². The fourth-order valence-corrected chi connectivity index (χ4v) is 9.55. The number of nitrogens with one attached hydrogen (secondary N) is 4. The number of hydrogen-bond donors (Lipinski definition) is 6. The van der Waals surface area contributed by atoms with Crippen molar-refractivity contribution in [3.63, 3.8) is 0 Å². The normalized spacial score (nSPS) is 18.8. The van der Waals surface area contributed by atoms with E-state index in [-0.39, 0.29) is 11.3 Å². The Kier molecular flexibility index (Phi) is 17.6. The molecule has 426 valence electrons. The first-order chi connectivity index (χ1) is 36.5. The molecule has 78 heavy (non-hydrogen) atoms. The number of anilines is 1. The third-order valence-corrected chi connectivity index (χ3v) is 14.5. The molecule has 18 nitrogen and oxygen atoms in total. The Morgan fingerprint density at radius 2 is 1.42 bits per heavy atom. The lowest BCUT2D eigenvalue weighted by Crippen LogP contribution is -2.63. The van der Waals surface area contributed by atoms with Crippen molar-refractivity contribution in [3.8, 4) is 22.4 Å². The van der Waals surface area contributed by atoms with Crippen molar-refractivity contribution in [3.05, 3.63) is 89.8 Å². The molecule has 0 spiro atoms. The number of fused-ring (bicyclic) bond motifs is 2. The third kappa shape index (κ3) is 13.2. The second-order valence-electron chi connectivity index (χ2n) is 20.6. The Hall–Kier alpha value is -6.78. The fourth-order valence-electron chi connectivity index (χ4n) is 9.55. The van der Waals surface area contributed by atoms with Gasteiger partial charge in [-0.15, -0.1) is 0 Å². The predicted molar refractivity (Wildman–Crippen MR) is 258 cm³/mol. The fraction of sp³-hybridized carbons (Fsp3) is 0.520. The number of hydrogen-bond acceptors (Lipinski definition) is 12. The van der Waals surface area contributed by atoms with E-state index in [1.54, 1.807) is 30.5 Å². The number of amides is 4. The summed E-state index contributed by atoms with van der Waals surface area (Å²) in [7, 11) is 0.820. The molecule has 3 aliphatic rings. The molecular formula is C50H58F10N10O8. The Bertz CT molecular complexity index is 2760. The number of benzene rings is 2. The van der Waals surface area contributed by atoms with Crippen LogP contribution in [0.1, 0.15) is 45.2 Å². The number of rotatable bonds is 21. The second kappa shape index (κ2) is 23.3. The van der Waals surface area contributed by atoms with Crippen molar-refractivity contribution >= 4 is 29.8 Å². The number of halogens is 10. The highest BCUT2D eigenvalue weighted by molar-refractivity contribution is 5.87. The number of aliphatic hydroxyl groups excluding tert-OH is 1. The molecule has 5 heterocycles. The number of hydrazine groups is 1. The zero-order valence-electron chi connectivity index (χ0n) is 42.6. The molecule has 4 unspecified atom stereocenters. The molecule has 3 saturated heterocycles. The number of carboxylic acid groups (broad SMARTS) is 1. The van der Waals surface area contributed by atoms with Crippen LogP contribution in [0.4, 0.5) is 59.3 Å². The maximum Gasteiger partial charge on any atom is 0.407 e. The Balaban J connectivity index is 1.20. The molecular weight excluding hydrogens is 1060 g/mol. The average molecular weight is 1120 g/mol. The van der Waals surface area contributed by atoms with E-state index in [0.29, 0.717) is 67.5 Å². The average Bonchev–Trinajstić information content (AvgIpc) is 4.18. The van der Waals surface area contributed by atoms with Crippen LogP contribution in [0.15, 0.2) is 67.0 Å². The van der Waals surface area contributed by atoms with Crippen molar-refractivity contribution < 1.29 is 82.8 Å². The first kappa shape index (κ1) is 58.9. The van der Waals surface area contributed by atoms with Crippen LogP contribution in [-0.2, 0) is 38.6 Å². The monoisotopic (exact) mass is 1120 g/mol. The van der Waals surface area contributed by atoms with Gasteiger partial charge in [0, 0.05) is 67.3 Å². The predicted octanol–water partition coefficient (Wildman–Crippen LogP) is 6.28. The highest BCUT2D eigenvalue weighted by Gasteiger charge is 2.57. The summed E-state index contributed by atoms with van der Waals surface area (Å²) >= 11 is 0. The van der Waals surface area contributed by atoms with Crippen LogP contribution in [0.5, 0.6) is 0 Å².